The smallest absolute Gasteiger partial charge is 0.256 e. The highest BCUT2D eigenvalue weighted by atomic mass is 32.2. The Hall–Kier alpha value is -2.34. The first-order valence-corrected chi connectivity index (χ1v) is 10.5. The van der Waals surface area contributed by atoms with Crippen LogP contribution >= 0.6 is 11.8 Å². The summed E-state index contributed by atoms with van der Waals surface area (Å²) < 4.78 is 13.8. The predicted molar refractivity (Wildman–Crippen MR) is 110 cm³/mol. The summed E-state index contributed by atoms with van der Waals surface area (Å²) in [4.78, 5) is 27.8. The second kappa shape index (κ2) is 9.73. The van der Waals surface area contributed by atoms with Gasteiger partial charge in [0.05, 0.1) is 5.56 Å². The van der Waals surface area contributed by atoms with E-state index in [9.17, 15) is 14.0 Å². The van der Waals surface area contributed by atoms with Crippen molar-refractivity contribution in [3.05, 3.63) is 66.0 Å². The average Bonchev–Trinajstić information content (AvgIpc) is 2.73. The molecule has 1 aliphatic rings. The summed E-state index contributed by atoms with van der Waals surface area (Å²) in [5.41, 5.74) is 0.108. The highest BCUT2D eigenvalue weighted by molar-refractivity contribution is 7.99. The predicted octanol–water partition coefficient (Wildman–Crippen LogP) is 3.97. The minimum Gasteiger partial charge on any atom is -0.353 e. The Kier molecular flexibility index (Phi) is 7.09. The maximum Gasteiger partial charge on any atom is 0.256 e. The van der Waals surface area contributed by atoms with Gasteiger partial charge in [-0.25, -0.2) is 4.39 Å². The third kappa shape index (κ3) is 5.35. The maximum absolute atomic E-state index is 13.8. The summed E-state index contributed by atoms with van der Waals surface area (Å²) in [5, 5.41) is 3.10. The normalized spacial score (nSPS) is 15.9. The monoisotopic (exact) mass is 400 g/mol. The molecule has 28 heavy (non-hydrogen) atoms. The molecule has 1 saturated heterocycles. The Balaban J connectivity index is 1.44. The number of thioether (sulfide) groups is 1. The van der Waals surface area contributed by atoms with Crippen molar-refractivity contribution < 1.29 is 14.0 Å². The minimum absolute atomic E-state index is 0.0438. The third-order valence-electron chi connectivity index (χ3n) is 4.92. The van der Waals surface area contributed by atoms with Crippen molar-refractivity contribution in [3.63, 3.8) is 0 Å². The molecule has 4 nitrogen and oxygen atoms in total. The van der Waals surface area contributed by atoms with Crippen LogP contribution < -0.4 is 5.32 Å². The van der Waals surface area contributed by atoms with Gasteiger partial charge in [-0.3, -0.25) is 9.59 Å². The molecule has 1 fully saturated rings. The summed E-state index contributed by atoms with van der Waals surface area (Å²) >= 11 is 1.67. The molecule has 1 unspecified atom stereocenters. The number of amides is 2. The van der Waals surface area contributed by atoms with E-state index in [0.717, 1.165) is 10.6 Å². The van der Waals surface area contributed by atoms with Crippen LogP contribution in [-0.2, 0) is 4.79 Å². The second-order valence-corrected chi connectivity index (χ2v) is 8.17. The molecule has 1 heterocycles. The summed E-state index contributed by atoms with van der Waals surface area (Å²) in [7, 11) is 0. The van der Waals surface area contributed by atoms with Gasteiger partial charge in [-0.05, 0) is 37.1 Å². The van der Waals surface area contributed by atoms with E-state index in [1.165, 1.54) is 12.1 Å². The molecule has 1 atom stereocenters. The summed E-state index contributed by atoms with van der Waals surface area (Å²) in [6.45, 7) is 2.97. The van der Waals surface area contributed by atoms with Gasteiger partial charge in [0.1, 0.15) is 5.82 Å². The number of carbonyl (C=O) groups is 2. The van der Waals surface area contributed by atoms with Gasteiger partial charge in [-0.15, -0.1) is 11.8 Å². The number of likely N-dealkylation sites (tertiary alicyclic amines) is 1. The lowest BCUT2D eigenvalue weighted by atomic mass is 10.0. The van der Waals surface area contributed by atoms with Crippen LogP contribution in [0.15, 0.2) is 59.5 Å². The number of nitrogens with zero attached hydrogens (tertiary/aromatic N) is 1. The first-order chi connectivity index (χ1) is 13.5. The molecule has 0 saturated carbocycles. The second-order valence-electron chi connectivity index (χ2n) is 7.08. The van der Waals surface area contributed by atoms with Crippen LogP contribution in [0.1, 0.15) is 30.1 Å². The molecule has 0 radical (unpaired) electrons. The number of carbonyl (C=O) groups excluding carboxylic acids is 2. The Morgan fingerprint density at radius 2 is 1.75 bits per heavy atom. The van der Waals surface area contributed by atoms with Crippen molar-refractivity contribution in [1.82, 2.24) is 10.2 Å². The van der Waals surface area contributed by atoms with Gasteiger partial charge in [0.15, 0.2) is 0 Å². The highest BCUT2D eigenvalue weighted by Gasteiger charge is 2.26. The van der Waals surface area contributed by atoms with Crippen molar-refractivity contribution >= 4 is 23.6 Å². The van der Waals surface area contributed by atoms with Crippen LogP contribution in [0.3, 0.4) is 0 Å². The molecule has 2 amide bonds. The van der Waals surface area contributed by atoms with E-state index in [4.69, 9.17) is 0 Å². The van der Waals surface area contributed by atoms with Crippen molar-refractivity contribution in [1.29, 1.82) is 0 Å². The fourth-order valence-electron chi connectivity index (χ4n) is 3.19. The Morgan fingerprint density at radius 3 is 2.43 bits per heavy atom. The Morgan fingerprint density at radius 1 is 1.11 bits per heavy atom. The van der Waals surface area contributed by atoms with E-state index < -0.39 is 5.82 Å². The van der Waals surface area contributed by atoms with E-state index in [0.29, 0.717) is 25.9 Å². The quantitative estimate of drug-likeness (QED) is 0.747. The van der Waals surface area contributed by atoms with Gasteiger partial charge >= 0.3 is 0 Å². The molecule has 0 aromatic heterocycles. The van der Waals surface area contributed by atoms with Gasteiger partial charge in [0, 0.05) is 35.7 Å². The first-order valence-electron chi connectivity index (χ1n) is 9.56. The number of hydrogen-bond donors (Lipinski definition) is 1. The molecule has 2 aromatic rings. The van der Waals surface area contributed by atoms with Gasteiger partial charge in [-0.1, -0.05) is 37.3 Å². The van der Waals surface area contributed by atoms with E-state index in [-0.39, 0.29) is 29.3 Å². The zero-order chi connectivity index (χ0) is 19.9. The fourth-order valence-corrected chi connectivity index (χ4v) is 4.13. The molecule has 0 spiro atoms. The van der Waals surface area contributed by atoms with Crippen LogP contribution in [0.5, 0.6) is 0 Å². The molecule has 2 aromatic carbocycles. The van der Waals surface area contributed by atoms with Gasteiger partial charge in [0.2, 0.25) is 5.91 Å². The van der Waals surface area contributed by atoms with Crippen molar-refractivity contribution in [2.24, 2.45) is 5.92 Å². The van der Waals surface area contributed by atoms with E-state index >= 15 is 0 Å². The van der Waals surface area contributed by atoms with Crippen LogP contribution in [0.2, 0.25) is 0 Å². The summed E-state index contributed by atoms with van der Waals surface area (Å²) in [6.07, 6.45) is 1.37. The number of nitrogens with one attached hydrogen (secondary N) is 1. The lowest BCUT2D eigenvalue weighted by Gasteiger charge is -2.33. The largest absolute Gasteiger partial charge is 0.353 e. The lowest BCUT2D eigenvalue weighted by molar-refractivity contribution is -0.124. The molecule has 0 bridgehead atoms. The molecule has 1 aliphatic heterocycles. The number of halogens is 1. The first kappa shape index (κ1) is 20.4. The van der Waals surface area contributed by atoms with Crippen LogP contribution in [0, 0.1) is 11.7 Å². The van der Waals surface area contributed by atoms with Crippen LogP contribution in [-0.4, -0.2) is 41.6 Å². The molecule has 3 rings (SSSR count). The Labute approximate surface area is 169 Å². The third-order valence-corrected chi connectivity index (χ3v) is 6.20. The molecule has 6 heteroatoms. The standard InChI is InChI=1S/C22H25FN2O2S/c1-16(15-28-18-7-3-2-4-8-18)21(26)24-17-11-13-25(14-12-17)22(27)19-9-5-6-10-20(19)23/h2-10,16-17H,11-15H2,1H3,(H,24,26). The average molecular weight is 401 g/mol. The summed E-state index contributed by atoms with van der Waals surface area (Å²) in [5.74, 6) is -0.103. The van der Waals surface area contributed by atoms with Gasteiger partial charge in [0.25, 0.3) is 5.91 Å². The van der Waals surface area contributed by atoms with Crippen molar-refractivity contribution in [2.75, 3.05) is 18.8 Å². The summed E-state index contributed by atoms with van der Waals surface area (Å²) in [6, 6.07) is 16.1. The van der Waals surface area contributed by atoms with Crippen LogP contribution in [0.25, 0.3) is 0 Å². The number of rotatable bonds is 6. The lowest BCUT2D eigenvalue weighted by Crippen LogP contribution is -2.48. The molecule has 0 aliphatic carbocycles. The number of piperidine rings is 1. The van der Waals surface area contributed by atoms with E-state index in [1.807, 2.05) is 37.3 Å². The minimum atomic E-state index is -0.493. The Bertz CT molecular complexity index is 807. The van der Waals surface area contributed by atoms with E-state index in [2.05, 4.69) is 5.32 Å². The number of hydrogen-bond acceptors (Lipinski definition) is 3. The zero-order valence-corrected chi connectivity index (χ0v) is 16.8. The SMILES string of the molecule is CC(CSc1ccccc1)C(=O)NC1CCN(C(=O)c2ccccc2F)CC1. The molecule has 148 valence electrons. The number of benzene rings is 2. The maximum atomic E-state index is 13.8. The fraction of sp³-hybridized carbons (Fsp3) is 0.364. The van der Waals surface area contributed by atoms with Crippen molar-refractivity contribution in [3.8, 4) is 0 Å². The van der Waals surface area contributed by atoms with Crippen molar-refractivity contribution in [2.45, 2.75) is 30.7 Å². The zero-order valence-electron chi connectivity index (χ0n) is 15.9. The van der Waals surface area contributed by atoms with Gasteiger partial charge < -0.3 is 10.2 Å². The van der Waals surface area contributed by atoms with Crippen LogP contribution in [0.4, 0.5) is 4.39 Å². The highest BCUT2D eigenvalue weighted by Crippen LogP contribution is 2.21. The molecule has 1 N–H and O–H groups in total. The molecular weight excluding hydrogens is 375 g/mol. The van der Waals surface area contributed by atoms with E-state index in [1.54, 1.807) is 28.8 Å². The molecular formula is C22H25FN2O2S. The topological polar surface area (TPSA) is 49.4 Å². The van der Waals surface area contributed by atoms with Gasteiger partial charge in [-0.2, -0.15) is 0 Å².